The summed E-state index contributed by atoms with van der Waals surface area (Å²) in [5, 5.41) is 4.18. The molecule has 0 fully saturated rings. The highest BCUT2D eigenvalue weighted by atomic mass is 19.4. The number of ether oxygens (including phenoxy) is 1. The van der Waals surface area contributed by atoms with Crippen molar-refractivity contribution >= 4 is 5.97 Å². The molecule has 0 N–H and O–H groups in total. The summed E-state index contributed by atoms with van der Waals surface area (Å²) < 4.78 is 43.6. The van der Waals surface area contributed by atoms with E-state index in [1.807, 2.05) is 0 Å². The van der Waals surface area contributed by atoms with Crippen molar-refractivity contribution in [2.45, 2.75) is 13.1 Å². The van der Waals surface area contributed by atoms with Gasteiger partial charge in [-0.1, -0.05) is 12.1 Å². The standard InChI is InChI=1S/C14H13F3N2O2/c1-8-11(18-19(2)12(8)13(20)21-3)9-4-6-10(7-5-9)14(15,16)17/h4-7H,1-3H3. The number of esters is 1. The van der Waals surface area contributed by atoms with E-state index in [1.54, 1.807) is 14.0 Å². The van der Waals surface area contributed by atoms with Crippen molar-refractivity contribution in [3.05, 3.63) is 41.1 Å². The zero-order valence-electron chi connectivity index (χ0n) is 11.7. The molecule has 2 aromatic rings. The molecule has 0 atom stereocenters. The lowest BCUT2D eigenvalue weighted by atomic mass is 10.0. The molecule has 0 aliphatic carbocycles. The minimum Gasteiger partial charge on any atom is -0.464 e. The molecule has 1 heterocycles. The zero-order chi connectivity index (χ0) is 15.8. The Balaban J connectivity index is 2.46. The van der Waals surface area contributed by atoms with Crippen molar-refractivity contribution in [1.29, 1.82) is 0 Å². The summed E-state index contributed by atoms with van der Waals surface area (Å²) in [4.78, 5) is 11.7. The van der Waals surface area contributed by atoms with Crippen molar-refractivity contribution < 1.29 is 22.7 Å². The summed E-state index contributed by atoms with van der Waals surface area (Å²) in [6.45, 7) is 1.67. The maximum atomic E-state index is 12.5. The summed E-state index contributed by atoms with van der Waals surface area (Å²) in [5.74, 6) is -0.541. The molecule has 1 aromatic heterocycles. The van der Waals surface area contributed by atoms with Gasteiger partial charge < -0.3 is 4.74 Å². The fourth-order valence-corrected chi connectivity index (χ4v) is 2.10. The van der Waals surface area contributed by atoms with Gasteiger partial charge in [-0.05, 0) is 19.1 Å². The van der Waals surface area contributed by atoms with E-state index < -0.39 is 17.7 Å². The highest BCUT2D eigenvalue weighted by Crippen LogP contribution is 2.31. The average Bonchev–Trinajstić information content (AvgIpc) is 2.72. The van der Waals surface area contributed by atoms with Crippen molar-refractivity contribution in [1.82, 2.24) is 9.78 Å². The van der Waals surface area contributed by atoms with Gasteiger partial charge in [-0.15, -0.1) is 0 Å². The predicted molar refractivity (Wildman–Crippen MR) is 69.7 cm³/mol. The number of alkyl halides is 3. The zero-order valence-corrected chi connectivity index (χ0v) is 11.7. The molecular weight excluding hydrogens is 285 g/mol. The predicted octanol–water partition coefficient (Wildman–Crippen LogP) is 3.20. The van der Waals surface area contributed by atoms with E-state index in [-0.39, 0.29) is 5.69 Å². The largest absolute Gasteiger partial charge is 0.464 e. The Bertz CT molecular complexity index is 673. The van der Waals surface area contributed by atoms with Gasteiger partial charge in [0.05, 0.1) is 18.4 Å². The molecule has 0 unspecified atom stereocenters. The Morgan fingerprint density at radius 3 is 2.29 bits per heavy atom. The maximum absolute atomic E-state index is 12.5. The van der Waals surface area contributed by atoms with E-state index >= 15 is 0 Å². The number of aromatic nitrogens is 2. The van der Waals surface area contributed by atoms with Crippen molar-refractivity contribution in [3.63, 3.8) is 0 Å². The lowest BCUT2D eigenvalue weighted by Crippen LogP contribution is -2.09. The van der Waals surface area contributed by atoms with Crippen LogP contribution in [0.5, 0.6) is 0 Å². The fraction of sp³-hybridized carbons (Fsp3) is 0.286. The van der Waals surface area contributed by atoms with Gasteiger partial charge in [0.2, 0.25) is 0 Å². The first-order valence-corrected chi connectivity index (χ1v) is 6.05. The summed E-state index contributed by atoms with van der Waals surface area (Å²) in [6, 6.07) is 4.64. The van der Waals surface area contributed by atoms with Gasteiger partial charge in [-0.25, -0.2) is 4.79 Å². The molecule has 7 heteroatoms. The van der Waals surface area contributed by atoms with Crippen LogP contribution in [-0.4, -0.2) is 22.9 Å². The molecule has 4 nitrogen and oxygen atoms in total. The SMILES string of the molecule is COC(=O)c1c(C)c(-c2ccc(C(F)(F)F)cc2)nn1C. The highest BCUT2D eigenvalue weighted by molar-refractivity contribution is 5.91. The van der Waals surface area contributed by atoms with Crippen LogP contribution in [0.4, 0.5) is 13.2 Å². The van der Waals surface area contributed by atoms with Crippen LogP contribution in [0.1, 0.15) is 21.6 Å². The molecule has 2 rings (SSSR count). The Kier molecular flexibility index (Phi) is 3.76. The fourth-order valence-electron chi connectivity index (χ4n) is 2.10. The molecule has 0 saturated heterocycles. The summed E-state index contributed by atoms with van der Waals surface area (Å²) >= 11 is 0. The molecule has 21 heavy (non-hydrogen) atoms. The van der Waals surface area contributed by atoms with Gasteiger partial charge in [-0.3, -0.25) is 4.68 Å². The Labute approximate surface area is 119 Å². The third-order valence-electron chi connectivity index (χ3n) is 3.15. The molecule has 112 valence electrons. The first kappa shape index (κ1) is 15.1. The number of aryl methyl sites for hydroxylation is 1. The van der Waals surface area contributed by atoms with E-state index in [2.05, 4.69) is 9.84 Å². The minimum absolute atomic E-state index is 0.271. The Morgan fingerprint density at radius 2 is 1.81 bits per heavy atom. The van der Waals surface area contributed by atoms with Gasteiger partial charge in [-0.2, -0.15) is 18.3 Å². The molecule has 0 amide bonds. The Morgan fingerprint density at radius 1 is 1.24 bits per heavy atom. The van der Waals surface area contributed by atoms with Gasteiger partial charge in [0.25, 0.3) is 0 Å². The van der Waals surface area contributed by atoms with Crippen LogP contribution in [0.15, 0.2) is 24.3 Å². The molecule has 0 aliphatic heterocycles. The summed E-state index contributed by atoms with van der Waals surface area (Å²) in [7, 11) is 2.83. The number of hydrogen-bond acceptors (Lipinski definition) is 3. The number of carbonyl (C=O) groups is 1. The first-order valence-electron chi connectivity index (χ1n) is 6.05. The normalized spacial score (nSPS) is 11.5. The number of benzene rings is 1. The molecule has 0 saturated carbocycles. The summed E-state index contributed by atoms with van der Waals surface area (Å²) in [5.41, 5.74) is 1.06. The number of hydrogen-bond donors (Lipinski definition) is 0. The average molecular weight is 298 g/mol. The van der Waals surface area contributed by atoms with Gasteiger partial charge in [0, 0.05) is 18.2 Å². The molecular formula is C14H13F3N2O2. The number of halogens is 3. The van der Waals surface area contributed by atoms with Crippen molar-refractivity contribution in [2.75, 3.05) is 7.11 Å². The lowest BCUT2D eigenvalue weighted by molar-refractivity contribution is -0.137. The van der Waals surface area contributed by atoms with Crippen LogP contribution in [0.3, 0.4) is 0 Å². The van der Waals surface area contributed by atoms with E-state index in [4.69, 9.17) is 0 Å². The molecule has 0 aliphatic rings. The van der Waals surface area contributed by atoms with E-state index in [9.17, 15) is 18.0 Å². The monoisotopic (exact) mass is 298 g/mol. The van der Waals surface area contributed by atoms with Crippen molar-refractivity contribution in [2.24, 2.45) is 7.05 Å². The van der Waals surface area contributed by atoms with Crippen LogP contribution < -0.4 is 0 Å². The summed E-state index contributed by atoms with van der Waals surface area (Å²) in [6.07, 6.45) is -4.38. The Hall–Kier alpha value is -2.31. The second-order valence-corrected chi connectivity index (χ2v) is 4.51. The smallest absolute Gasteiger partial charge is 0.416 e. The van der Waals surface area contributed by atoms with Gasteiger partial charge >= 0.3 is 12.1 Å². The molecule has 0 spiro atoms. The van der Waals surface area contributed by atoms with Crippen LogP contribution in [0.25, 0.3) is 11.3 Å². The van der Waals surface area contributed by atoms with Crippen LogP contribution >= 0.6 is 0 Å². The van der Waals surface area contributed by atoms with Crippen LogP contribution in [0.2, 0.25) is 0 Å². The third kappa shape index (κ3) is 2.76. The van der Waals surface area contributed by atoms with Crippen LogP contribution in [-0.2, 0) is 18.0 Å². The van der Waals surface area contributed by atoms with Gasteiger partial charge in [0.15, 0.2) is 0 Å². The lowest BCUT2D eigenvalue weighted by Gasteiger charge is -2.07. The molecule has 0 radical (unpaired) electrons. The highest BCUT2D eigenvalue weighted by Gasteiger charge is 2.30. The number of methoxy groups -OCH3 is 1. The second kappa shape index (κ2) is 5.23. The molecule has 0 bridgehead atoms. The third-order valence-corrected chi connectivity index (χ3v) is 3.15. The first-order chi connectivity index (χ1) is 9.75. The van der Waals surface area contributed by atoms with Crippen LogP contribution in [0, 0.1) is 6.92 Å². The van der Waals surface area contributed by atoms with Crippen molar-refractivity contribution in [3.8, 4) is 11.3 Å². The van der Waals surface area contributed by atoms with Gasteiger partial charge in [0.1, 0.15) is 5.69 Å². The van der Waals surface area contributed by atoms with E-state index in [0.29, 0.717) is 16.8 Å². The number of rotatable bonds is 2. The molecule has 1 aromatic carbocycles. The number of carbonyl (C=O) groups excluding carboxylic acids is 1. The quantitative estimate of drug-likeness (QED) is 0.800. The topological polar surface area (TPSA) is 44.1 Å². The minimum atomic E-state index is -4.38. The second-order valence-electron chi connectivity index (χ2n) is 4.51. The maximum Gasteiger partial charge on any atom is 0.416 e. The van der Waals surface area contributed by atoms with E-state index in [0.717, 1.165) is 12.1 Å². The van der Waals surface area contributed by atoms with E-state index in [1.165, 1.54) is 23.9 Å². The number of nitrogens with zero attached hydrogens (tertiary/aromatic N) is 2.